The van der Waals surface area contributed by atoms with E-state index in [9.17, 15) is 13.5 Å². The zero-order chi connectivity index (χ0) is 25.8. The number of anilines is 1. The normalized spacial score (nSPS) is 22.2. The third-order valence-corrected chi connectivity index (χ3v) is 9.22. The monoisotopic (exact) mass is 522 g/mol. The van der Waals surface area contributed by atoms with Crippen molar-refractivity contribution in [2.24, 2.45) is 0 Å². The maximum absolute atomic E-state index is 14.0. The average Bonchev–Trinajstić information content (AvgIpc) is 3.37. The third kappa shape index (κ3) is 5.52. The standard InChI is InChI=1S/C29H34N2O5S/c1-22(24-11-6-3-7-12-24)31-18-27(21-35-20-23-9-4-2-5-10-23)36-28-17-25(14-15-29(28)37(31,33)34)30-16-8-13-26(30)19-32/h2-7,9-12,14-15,17,22,26-27,32H,8,13,16,18-21H2,1H3/t22-,26-,27-/m0/s1. The smallest absolute Gasteiger partial charge is 0.247 e. The Labute approximate surface area is 219 Å². The summed E-state index contributed by atoms with van der Waals surface area (Å²) in [7, 11) is -3.85. The lowest BCUT2D eigenvalue weighted by Crippen LogP contribution is -2.40. The van der Waals surface area contributed by atoms with Crippen molar-refractivity contribution in [1.29, 1.82) is 0 Å². The van der Waals surface area contributed by atoms with Crippen molar-refractivity contribution < 1.29 is 23.0 Å². The first-order valence-corrected chi connectivity index (χ1v) is 14.3. The molecular weight excluding hydrogens is 488 g/mol. The van der Waals surface area contributed by atoms with Gasteiger partial charge in [-0.15, -0.1) is 0 Å². The molecule has 3 aromatic carbocycles. The highest BCUT2D eigenvalue weighted by molar-refractivity contribution is 7.89. The second kappa shape index (κ2) is 11.2. The average molecular weight is 523 g/mol. The summed E-state index contributed by atoms with van der Waals surface area (Å²) in [4.78, 5) is 2.29. The first-order chi connectivity index (χ1) is 18.0. The highest BCUT2D eigenvalue weighted by Crippen LogP contribution is 2.39. The predicted molar refractivity (Wildman–Crippen MR) is 143 cm³/mol. The molecule has 3 atom stereocenters. The van der Waals surface area contributed by atoms with Crippen LogP contribution in [0.2, 0.25) is 0 Å². The van der Waals surface area contributed by atoms with Gasteiger partial charge in [-0.1, -0.05) is 60.7 Å². The van der Waals surface area contributed by atoms with Gasteiger partial charge in [0.05, 0.1) is 32.4 Å². The van der Waals surface area contributed by atoms with Gasteiger partial charge in [0.2, 0.25) is 10.0 Å². The van der Waals surface area contributed by atoms with Crippen LogP contribution in [0.15, 0.2) is 83.8 Å². The highest BCUT2D eigenvalue weighted by Gasteiger charge is 2.39. The van der Waals surface area contributed by atoms with Crippen molar-refractivity contribution in [1.82, 2.24) is 4.31 Å². The highest BCUT2D eigenvalue weighted by atomic mass is 32.2. The fourth-order valence-corrected chi connectivity index (χ4v) is 6.98. The van der Waals surface area contributed by atoms with Crippen LogP contribution < -0.4 is 9.64 Å². The lowest BCUT2D eigenvalue weighted by Gasteiger charge is -2.29. The predicted octanol–water partition coefficient (Wildman–Crippen LogP) is 4.38. The molecule has 2 aliphatic rings. The third-order valence-electron chi connectivity index (χ3n) is 7.24. The quantitative estimate of drug-likeness (QED) is 0.473. The molecule has 0 spiro atoms. The van der Waals surface area contributed by atoms with E-state index < -0.39 is 16.1 Å². The summed E-state index contributed by atoms with van der Waals surface area (Å²) >= 11 is 0. The lowest BCUT2D eigenvalue weighted by atomic mass is 10.1. The lowest BCUT2D eigenvalue weighted by molar-refractivity contribution is 0.0313. The Morgan fingerprint density at radius 1 is 1.05 bits per heavy atom. The van der Waals surface area contributed by atoms with E-state index in [0.717, 1.165) is 36.2 Å². The summed E-state index contributed by atoms with van der Waals surface area (Å²) in [6.07, 6.45) is 1.40. The molecule has 2 heterocycles. The Morgan fingerprint density at radius 3 is 2.51 bits per heavy atom. The second-order valence-corrected chi connectivity index (χ2v) is 11.6. The molecule has 2 aliphatic heterocycles. The summed E-state index contributed by atoms with van der Waals surface area (Å²) in [6, 6.07) is 24.5. The van der Waals surface area contributed by atoms with Crippen LogP contribution in [0.3, 0.4) is 0 Å². The van der Waals surface area contributed by atoms with Gasteiger partial charge < -0.3 is 19.5 Å². The molecule has 8 heteroatoms. The van der Waals surface area contributed by atoms with Gasteiger partial charge in [-0.05, 0) is 43.0 Å². The minimum atomic E-state index is -3.85. The number of sulfonamides is 1. The number of rotatable bonds is 8. The van der Waals surface area contributed by atoms with E-state index in [4.69, 9.17) is 9.47 Å². The molecule has 0 aromatic heterocycles. The van der Waals surface area contributed by atoms with Crippen molar-refractivity contribution in [3.63, 3.8) is 0 Å². The Kier molecular flexibility index (Phi) is 7.81. The van der Waals surface area contributed by atoms with Crippen LogP contribution in [-0.4, -0.2) is 56.3 Å². The number of aliphatic hydroxyl groups excluding tert-OH is 1. The largest absolute Gasteiger partial charge is 0.485 e. The van der Waals surface area contributed by atoms with Crippen LogP contribution in [0.25, 0.3) is 0 Å². The molecule has 0 unspecified atom stereocenters. The fourth-order valence-electron chi connectivity index (χ4n) is 5.22. The summed E-state index contributed by atoms with van der Waals surface area (Å²) in [5.74, 6) is 0.331. The Bertz CT molecular complexity index is 1290. The molecule has 0 radical (unpaired) electrons. The van der Waals surface area contributed by atoms with Crippen LogP contribution >= 0.6 is 0 Å². The van der Waals surface area contributed by atoms with Crippen molar-refractivity contribution in [3.05, 3.63) is 90.0 Å². The van der Waals surface area contributed by atoms with Gasteiger partial charge >= 0.3 is 0 Å². The summed E-state index contributed by atoms with van der Waals surface area (Å²) < 4.78 is 41.9. The van der Waals surface area contributed by atoms with Gasteiger partial charge in [-0.2, -0.15) is 4.31 Å². The number of aliphatic hydroxyl groups is 1. The molecule has 196 valence electrons. The molecule has 1 N–H and O–H groups in total. The topological polar surface area (TPSA) is 79.3 Å². The van der Waals surface area contributed by atoms with Crippen LogP contribution in [0.1, 0.15) is 36.9 Å². The molecule has 0 amide bonds. The maximum Gasteiger partial charge on any atom is 0.247 e. The molecule has 37 heavy (non-hydrogen) atoms. The van der Waals surface area contributed by atoms with Gasteiger partial charge in [0.25, 0.3) is 0 Å². The Hall–Kier alpha value is -2.91. The maximum atomic E-state index is 14.0. The Balaban J connectivity index is 1.47. The van der Waals surface area contributed by atoms with Crippen LogP contribution in [0.4, 0.5) is 5.69 Å². The minimum Gasteiger partial charge on any atom is -0.485 e. The number of hydrogen-bond acceptors (Lipinski definition) is 6. The summed E-state index contributed by atoms with van der Waals surface area (Å²) in [5, 5.41) is 9.81. The first kappa shape index (κ1) is 25.7. The van der Waals surface area contributed by atoms with E-state index in [2.05, 4.69) is 4.90 Å². The number of hydrogen-bond donors (Lipinski definition) is 1. The van der Waals surface area contributed by atoms with E-state index in [1.807, 2.05) is 79.7 Å². The molecule has 0 aliphatic carbocycles. The van der Waals surface area contributed by atoms with Gasteiger partial charge in [0.15, 0.2) is 0 Å². The molecule has 7 nitrogen and oxygen atoms in total. The molecule has 0 bridgehead atoms. The van der Waals surface area contributed by atoms with E-state index in [1.165, 1.54) is 4.31 Å². The SMILES string of the molecule is C[C@@H](c1ccccc1)N1C[C@@H](COCc2ccccc2)Oc2cc(N3CCC[C@H]3CO)ccc2S1(=O)=O. The van der Waals surface area contributed by atoms with E-state index in [0.29, 0.717) is 12.4 Å². The molecule has 1 fully saturated rings. The van der Waals surface area contributed by atoms with Crippen molar-refractivity contribution in [2.45, 2.75) is 49.5 Å². The number of nitrogens with zero attached hydrogens (tertiary/aromatic N) is 2. The number of benzene rings is 3. The number of fused-ring (bicyclic) bond motifs is 1. The van der Waals surface area contributed by atoms with Crippen molar-refractivity contribution >= 4 is 15.7 Å². The zero-order valence-electron chi connectivity index (χ0n) is 21.1. The van der Waals surface area contributed by atoms with Crippen LogP contribution in [0.5, 0.6) is 5.75 Å². The summed E-state index contributed by atoms with van der Waals surface area (Å²) in [6.45, 7) is 3.62. The molecule has 5 rings (SSSR count). The molecule has 0 saturated carbocycles. The van der Waals surface area contributed by atoms with Gasteiger partial charge in [0, 0.05) is 24.3 Å². The zero-order valence-corrected chi connectivity index (χ0v) is 21.9. The van der Waals surface area contributed by atoms with E-state index in [-0.39, 0.29) is 36.7 Å². The number of ether oxygens (including phenoxy) is 2. The van der Waals surface area contributed by atoms with Crippen LogP contribution in [0, 0.1) is 0 Å². The van der Waals surface area contributed by atoms with Gasteiger partial charge in [-0.25, -0.2) is 8.42 Å². The van der Waals surface area contributed by atoms with Crippen molar-refractivity contribution in [3.8, 4) is 5.75 Å². The fraction of sp³-hybridized carbons (Fsp3) is 0.379. The second-order valence-electron chi connectivity index (χ2n) is 9.71. The minimum absolute atomic E-state index is 0.0278. The van der Waals surface area contributed by atoms with Crippen LogP contribution in [-0.2, 0) is 21.4 Å². The first-order valence-electron chi connectivity index (χ1n) is 12.8. The van der Waals surface area contributed by atoms with E-state index in [1.54, 1.807) is 6.07 Å². The Morgan fingerprint density at radius 2 is 1.78 bits per heavy atom. The van der Waals surface area contributed by atoms with E-state index >= 15 is 0 Å². The molecular formula is C29H34N2O5S. The van der Waals surface area contributed by atoms with Gasteiger partial charge in [-0.3, -0.25) is 0 Å². The molecule has 1 saturated heterocycles. The van der Waals surface area contributed by atoms with Crippen molar-refractivity contribution in [2.75, 3.05) is 31.2 Å². The van der Waals surface area contributed by atoms with Gasteiger partial charge in [0.1, 0.15) is 16.7 Å². The molecule has 3 aromatic rings. The summed E-state index contributed by atoms with van der Waals surface area (Å²) in [5.41, 5.74) is 2.82.